The average molecular weight is 483 g/mol. The van der Waals surface area contributed by atoms with Crippen molar-refractivity contribution in [3.8, 4) is 0 Å². The number of nitrogens with zero attached hydrogens (tertiary/aromatic N) is 4. The Morgan fingerprint density at radius 1 is 1.15 bits per heavy atom. The van der Waals surface area contributed by atoms with E-state index in [1.54, 1.807) is 9.80 Å². The Morgan fingerprint density at radius 3 is 2.59 bits per heavy atom. The zero-order valence-electron chi connectivity index (χ0n) is 19.2. The molecule has 4 aliphatic rings. The average Bonchev–Trinajstić information content (AvgIpc) is 3.40. The zero-order chi connectivity index (χ0) is 23.7. The molecule has 0 spiro atoms. The molecule has 1 saturated carbocycles. The lowest BCUT2D eigenvalue weighted by molar-refractivity contribution is -0.422. The first-order chi connectivity index (χ1) is 16.5. The molecule has 3 heterocycles. The minimum atomic E-state index is -0.496. The molecular weight excluding hydrogens is 452 g/mol. The molecular formula is C25H30N4O4S. The quantitative estimate of drug-likeness (QED) is 0.472. The normalized spacial score (nSPS) is 23.8. The highest BCUT2D eigenvalue weighted by atomic mass is 32.1. The number of carbonyl (C=O) groups is 2. The van der Waals surface area contributed by atoms with Crippen LogP contribution in [0.5, 0.6) is 0 Å². The number of thiophene rings is 1. The first-order valence-electron chi connectivity index (χ1n) is 12.2. The van der Waals surface area contributed by atoms with Crippen LogP contribution in [-0.2, 0) is 4.79 Å². The molecule has 2 aliphatic heterocycles. The molecule has 1 saturated heterocycles. The number of fused-ring (bicyclic) bond motifs is 1. The molecule has 1 aromatic rings. The van der Waals surface area contributed by atoms with Gasteiger partial charge in [-0.3, -0.25) is 19.7 Å². The van der Waals surface area contributed by atoms with Crippen molar-refractivity contribution >= 4 is 23.2 Å². The van der Waals surface area contributed by atoms with Gasteiger partial charge >= 0.3 is 11.6 Å². The second kappa shape index (κ2) is 9.74. The Kier molecular flexibility index (Phi) is 6.54. The number of carbonyl (C=O) groups excluding carboxylic acids is 2. The van der Waals surface area contributed by atoms with E-state index >= 15 is 0 Å². The van der Waals surface area contributed by atoms with Crippen LogP contribution in [0, 0.1) is 16.0 Å². The number of nitro groups is 1. The van der Waals surface area contributed by atoms with Crippen LogP contribution >= 0.6 is 11.3 Å². The summed E-state index contributed by atoms with van der Waals surface area (Å²) in [5, 5.41) is 14.1. The van der Waals surface area contributed by atoms with Crippen LogP contribution in [0.1, 0.15) is 48.2 Å². The van der Waals surface area contributed by atoms with Gasteiger partial charge in [-0.1, -0.05) is 43.6 Å². The van der Waals surface area contributed by atoms with E-state index in [9.17, 15) is 19.7 Å². The number of rotatable bonds is 5. The zero-order valence-corrected chi connectivity index (χ0v) is 20.0. The molecule has 1 aromatic heterocycles. The van der Waals surface area contributed by atoms with Crippen LogP contribution in [0.25, 0.3) is 0 Å². The number of allylic oxidation sites excluding steroid dienone is 2. The molecule has 34 heavy (non-hydrogen) atoms. The second-order valence-electron chi connectivity index (χ2n) is 9.47. The standard InChI is InChI=1S/C25H30N4O4S/c30-24(21-11-6-16-34-21)27-14-12-26(13-15-27)22-19-9-4-5-10-20(19)28(25(31)23(22)29(32)33)17-18-7-2-1-3-8-18/h4-6,9,11,16,18,20H,1-3,7-8,10,12-15,17H2. The Morgan fingerprint density at radius 2 is 1.91 bits per heavy atom. The highest BCUT2D eigenvalue weighted by Gasteiger charge is 2.47. The fourth-order valence-corrected chi connectivity index (χ4v) is 6.40. The van der Waals surface area contributed by atoms with Gasteiger partial charge < -0.3 is 14.7 Å². The van der Waals surface area contributed by atoms with E-state index in [-0.39, 0.29) is 17.6 Å². The Hall–Kier alpha value is -2.94. The summed E-state index contributed by atoms with van der Waals surface area (Å²) in [6.07, 6.45) is 12.3. The third-order valence-corrected chi connectivity index (χ3v) is 8.30. The summed E-state index contributed by atoms with van der Waals surface area (Å²) in [5.74, 6) is -0.0551. The maximum absolute atomic E-state index is 13.6. The SMILES string of the molecule is O=C(c1cccs1)N1CCN(C2=C([N+](=O)[O-])C(=O)N(CC3CCCCC3)C3CC=CC=C23)CC1. The van der Waals surface area contributed by atoms with Gasteiger partial charge in [0.2, 0.25) is 0 Å². The van der Waals surface area contributed by atoms with E-state index in [2.05, 4.69) is 0 Å². The molecule has 2 aliphatic carbocycles. The Bertz CT molecular complexity index is 1050. The molecule has 2 amide bonds. The highest BCUT2D eigenvalue weighted by Crippen LogP contribution is 2.38. The van der Waals surface area contributed by atoms with Gasteiger partial charge in [0.1, 0.15) is 5.70 Å². The number of piperazine rings is 1. The molecule has 5 rings (SSSR count). The van der Waals surface area contributed by atoms with Gasteiger partial charge in [-0.2, -0.15) is 0 Å². The predicted molar refractivity (Wildman–Crippen MR) is 130 cm³/mol. The van der Waals surface area contributed by atoms with Crippen LogP contribution in [0.15, 0.2) is 52.7 Å². The fourth-order valence-electron chi connectivity index (χ4n) is 5.71. The van der Waals surface area contributed by atoms with Gasteiger partial charge in [0.05, 0.1) is 15.8 Å². The van der Waals surface area contributed by atoms with Crippen molar-refractivity contribution in [3.63, 3.8) is 0 Å². The predicted octanol–water partition coefficient (Wildman–Crippen LogP) is 3.67. The largest absolute Gasteiger partial charge is 0.362 e. The van der Waals surface area contributed by atoms with Crippen LogP contribution in [0.2, 0.25) is 0 Å². The number of hydrogen-bond donors (Lipinski definition) is 0. The number of hydrogen-bond acceptors (Lipinski definition) is 6. The summed E-state index contributed by atoms with van der Waals surface area (Å²) in [5.41, 5.74) is 1.00. The third kappa shape index (κ3) is 4.29. The van der Waals surface area contributed by atoms with E-state index in [1.165, 1.54) is 17.8 Å². The van der Waals surface area contributed by atoms with Crippen molar-refractivity contribution in [1.82, 2.24) is 14.7 Å². The molecule has 0 aromatic carbocycles. The lowest BCUT2D eigenvalue weighted by atomic mass is 9.85. The summed E-state index contributed by atoms with van der Waals surface area (Å²) >= 11 is 1.42. The van der Waals surface area contributed by atoms with Gasteiger partial charge in [0.15, 0.2) is 0 Å². The molecule has 0 bridgehead atoms. The van der Waals surface area contributed by atoms with Crippen LogP contribution in [0.4, 0.5) is 0 Å². The molecule has 9 heteroatoms. The van der Waals surface area contributed by atoms with Gasteiger partial charge in [0, 0.05) is 38.3 Å². The van der Waals surface area contributed by atoms with Gasteiger partial charge in [-0.25, -0.2) is 0 Å². The van der Waals surface area contributed by atoms with E-state index in [1.807, 2.05) is 40.6 Å². The second-order valence-corrected chi connectivity index (χ2v) is 10.4. The number of amides is 2. The van der Waals surface area contributed by atoms with Crippen LogP contribution < -0.4 is 0 Å². The van der Waals surface area contributed by atoms with E-state index in [0.29, 0.717) is 55.6 Å². The molecule has 180 valence electrons. The van der Waals surface area contributed by atoms with Crippen molar-refractivity contribution in [2.24, 2.45) is 5.92 Å². The third-order valence-electron chi connectivity index (χ3n) is 7.44. The molecule has 2 fully saturated rings. The lowest BCUT2D eigenvalue weighted by Gasteiger charge is -2.44. The first-order valence-corrected chi connectivity index (χ1v) is 13.1. The topological polar surface area (TPSA) is 87.0 Å². The van der Waals surface area contributed by atoms with E-state index in [0.717, 1.165) is 31.3 Å². The maximum Gasteiger partial charge on any atom is 0.357 e. The van der Waals surface area contributed by atoms with Crippen LogP contribution in [-0.4, -0.2) is 70.2 Å². The van der Waals surface area contributed by atoms with Crippen molar-refractivity contribution < 1.29 is 14.5 Å². The first kappa shape index (κ1) is 22.8. The Labute approximate surface area is 203 Å². The summed E-state index contributed by atoms with van der Waals surface area (Å²) in [4.78, 5) is 44.2. The molecule has 8 nitrogen and oxygen atoms in total. The maximum atomic E-state index is 13.6. The minimum absolute atomic E-state index is 0.00537. The lowest BCUT2D eigenvalue weighted by Crippen LogP contribution is -2.55. The molecule has 1 unspecified atom stereocenters. The van der Waals surface area contributed by atoms with Crippen LogP contribution in [0.3, 0.4) is 0 Å². The van der Waals surface area contributed by atoms with Gasteiger partial charge in [-0.15, -0.1) is 11.3 Å². The summed E-state index contributed by atoms with van der Waals surface area (Å²) < 4.78 is 0. The van der Waals surface area contributed by atoms with E-state index < -0.39 is 10.8 Å². The Balaban J connectivity index is 1.41. The monoisotopic (exact) mass is 482 g/mol. The summed E-state index contributed by atoms with van der Waals surface area (Å²) in [7, 11) is 0. The van der Waals surface area contributed by atoms with Crippen molar-refractivity contribution in [2.75, 3.05) is 32.7 Å². The summed E-state index contributed by atoms with van der Waals surface area (Å²) in [6, 6.07) is 3.51. The summed E-state index contributed by atoms with van der Waals surface area (Å²) in [6.45, 7) is 2.46. The smallest absolute Gasteiger partial charge is 0.357 e. The van der Waals surface area contributed by atoms with Gasteiger partial charge in [0.25, 0.3) is 5.91 Å². The minimum Gasteiger partial charge on any atom is -0.362 e. The van der Waals surface area contributed by atoms with E-state index in [4.69, 9.17) is 0 Å². The fraction of sp³-hybridized carbons (Fsp3) is 0.520. The van der Waals surface area contributed by atoms with Crippen molar-refractivity contribution in [3.05, 3.63) is 67.7 Å². The highest BCUT2D eigenvalue weighted by molar-refractivity contribution is 7.12. The molecule has 0 radical (unpaired) electrons. The van der Waals surface area contributed by atoms with Crippen molar-refractivity contribution in [2.45, 2.75) is 44.6 Å². The van der Waals surface area contributed by atoms with Crippen molar-refractivity contribution in [1.29, 1.82) is 0 Å². The van der Waals surface area contributed by atoms with Gasteiger partial charge in [-0.05, 0) is 36.6 Å². The molecule has 1 atom stereocenters. The molecule has 0 N–H and O–H groups in total.